The molecule has 3 N–H and O–H groups in total. The average Bonchev–Trinajstić information content (AvgIpc) is 2.42. The van der Waals surface area contributed by atoms with Gasteiger partial charge in [-0.15, -0.1) is 0 Å². The first-order valence-electron chi connectivity index (χ1n) is 5.95. The van der Waals surface area contributed by atoms with E-state index in [-0.39, 0.29) is 5.97 Å². The zero-order valence-corrected chi connectivity index (χ0v) is 10.6. The molecule has 2 aromatic rings. The normalized spacial score (nSPS) is 9.95. The van der Waals surface area contributed by atoms with E-state index in [2.05, 4.69) is 10.3 Å². The molecule has 5 heteroatoms. The quantitative estimate of drug-likeness (QED) is 0.823. The number of nitrogens with zero attached hydrogens (tertiary/aromatic N) is 1. The molecule has 5 nitrogen and oxygen atoms in total. The lowest BCUT2D eigenvalue weighted by Crippen LogP contribution is -2.04. The van der Waals surface area contributed by atoms with Gasteiger partial charge in [0.2, 0.25) is 0 Å². The predicted octanol–water partition coefficient (Wildman–Crippen LogP) is 2.58. The third kappa shape index (κ3) is 3.22. The molecule has 0 spiro atoms. The monoisotopic (exact) mass is 257 g/mol. The van der Waals surface area contributed by atoms with Gasteiger partial charge in [-0.3, -0.25) is 0 Å². The number of ether oxygens (including phenoxy) is 1. The average molecular weight is 257 g/mol. The van der Waals surface area contributed by atoms with E-state index < -0.39 is 0 Å². The minimum atomic E-state index is -0.324. The molecule has 0 aliphatic rings. The maximum Gasteiger partial charge on any atom is 0.338 e. The fourth-order valence-electron chi connectivity index (χ4n) is 1.58. The van der Waals surface area contributed by atoms with Gasteiger partial charge >= 0.3 is 5.97 Å². The van der Waals surface area contributed by atoms with Crippen LogP contribution in [0.4, 0.5) is 17.2 Å². The Balaban J connectivity index is 2.11. The number of nitrogens with two attached hydrogens (primary N) is 1. The minimum Gasteiger partial charge on any atom is -0.462 e. The van der Waals surface area contributed by atoms with Crippen molar-refractivity contribution in [1.29, 1.82) is 0 Å². The maximum absolute atomic E-state index is 11.5. The number of carbonyl (C=O) groups excluding carboxylic acids is 1. The second-order valence-corrected chi connectivity index (χ2v) is 3.86. The number of benzene rings is 1. The van der Waals surface area contributed by atoms with E-state index in [1.807, 2.05) is 6.07 Å². The molecule has 0 bridgehead atoms. The molecule has 19 heavy (non-hydrogen) atoms. The summed E-state index contributed by atoms with van der Waals surface area (Å²) in [5.41, 5.74) is 7.81. The number of anilines is 3. The van der Waals surface area contributed by atoms with Gasteiger partial charge in [-0.05, 0) is 43.3 Å². The van der Waals surface area contributed by atoms with Crippen molar-refractivity contribution in [1.82, 2.24) is 4.98 Å². The highest BCUT2D eigenvalue weighted by atomic mass is 16.5. The Morgan fingerprint density at radius 2 is 2.05 bits per heavy atom. The van der Waals surface area contributed by atoms with Crippen LogP contribution >= 0.6 is 0 Å². The van der Waals surface area contributed by atoms with Crippen molar-refractivity contribution in [2.24, 2.45) is 0 Å². The van der Waals surface area contributed by atoms with E-state index in [4.69, 9.17) is 10.5 Å². The molecule has 1 aromatic heterocycles. The molecule has 0 unspecified atom stereocenters. The topological polar surface area (TPSA) is 77.2 Å². The Morgan fingerprint density at radius 3 is 2.68 bits per heavy atom. The van der Waals surface area contributed by atoms with Crippen molar-refractivity contribution < 1.29 is 9.53 Å². The number of hydrogen-bond donors (Lipinski definition) is 2. The van der Waals surface area contributed by atoms with Crippen molar-refractivity contribution in [2.75, 3.05) is 17.7 Å². The molecule has 1 aromatic carbocycles. The highest BCUT2D eigenvalue weighted by molar-refractivity contribution is 5.90. The van der Waals surface area contributed by atoms with Gasteiger partial charge in [-0.1, -0.05) is 0 Å². The van der Waals surface area contributed by atoms with Crippen molar-refractivity contribution in [2.45, 2.75) is 6.92 Å². The first kappa shape index (κ1) is 12.9. The molecule has 1 heterocycles. The number of carbonyl (C=O) groups is 1. The van der Waals surface area contributed by atoms with Crippen LogP contribution in [0.25, 0.3) is 0 Å². The van der Waals surface area contributed by atoms with E-state index in [9.17, 15) is 4.79 Å². The summed E-state index contributed by atoms with van der Waals surface area (Å²) in [7, 11) is 0. The number of rotatable bonds is 4. The third-order valence-corrected chi connectivity index (χ3v) is 2.51. The maximum atomic E-state index is 11.5. The summed E-state index contributed by atoms with van der Waals surface area (Å²) in [4.78, 5) is 15.5. The molecular formula is C14H15N3O2. The second-order valence-electron chi connectivity index (χ2n) is 3.86. The lowest BCUT2D eigenvalue weighted by molar-refractivity contribution is 0.0526. The van der Waals surface area contributed by atoms with Gasteiger partial charge in [0.25, 0.3) is 0 Å². The summed E-state index contributed by atoms with van der Waals surface area (Å²) in [5, 5.41) is 3.13. The zero-order valence-electron chi connectivity index (χ0n) is 10.6. The molecule has 0 amide bonds. The second kappa shape index (κ2) is 5.86. The van der Waals surface area contributed by atoms with Crippen LogP contribution in [0.3, 0.4) is 0 Å². The minimum absolute atomic E-state index is 0.324. The van der Waals surface area contributed by atoms with Crippen molar-refractivity contribution in [3.05, 3.63) is 48.2 Å². The Kier molecular flexibility index (Phi) is 3.97. The SMILES string of the molecule is CCOC(=O)c1ccc(Nc2cccnc2N)cc1. The lowest BCUT2D eigenvalue weighted by atomic mass is 10.2. The highest BCUT2D eigenvalue weighted by Crippen LogP contribution is 2.20. The van der Waals surface area contributed by atoms with Gasteiger partial charge in [0.15, 0.2) is 0 Å². The fraction of sp³-hybridized carbons (Fsp3) is 0.143. The predicted molar refractivity (Wildman–Crippen MR) is 74.3 cm³/mol. The molecule has 0 aliphatic heterocycles. The Labute approximate surface area is 111 Å². The molecule has 0 saturated carbocycles. The molecule has 0 radical (unpaired) electrons. The summed E-state index contributed by atoms with van der Waals surface area (Å²) in [6.45, 7) is 2.14. The summed E-state index contributed by atoms with van der Waals surface area (Å²) in [6.07, 6.45) is 1.63. The van der Waals surface area contributed by atoms with Crippen LogP contribution in [0.5, 0.6) is 0 Å². The molecule has 0 saturated heterocycles. The number of nitrogens with one attached hydrogen (secondary N) is 1. The Bertz CT molecular complexity index is 567. The third-order valence-electron chi connectivity index (χ3n) is 2.51. The van der Waals surface area contributed by atoms with Crippen LogP contribution in [-0.2, 0) is 4.74 Å². The molecular weight excluding hydrogens is 242 g/mol. The Hall–Kier alpha value is -2.56. The smallest absolute Gasteiger partial charge is 0.338 e. The summed E-state index contributed by atoms with van der Waals surface area (Å²) < 4.78 is 4.92. The zero-order chi connectivity index (χ0) is 13.7. The first-order valence-corrected chi connectivity index (χ1v) is 5.95. The fourth-order valence-corrected chi connectivity index (χ4v) is 1.58. The van der Waals surface area contributed by atoms with Gasteiger partial charge in [0.05, 0.1) is 17.9 Å². The van der Waals surface area contributed by atoms with Gasteiger partial charge in [0.1, 0.15) is 5.82 Å². The molecule has 0 aliphatic carbocycles. The Morgan fingerprint density at radius 1 is 1.32 bits per heavy atom. The van der Waals surface area contributed by atoms with Gasteiger partial charge in [-0.2, -0.15) is 0 Å². The summed E-state index contributed by atoms with van der Waals surface area (Å²) in [5.74, 6) is 0.104. The van der Waals surface area contributed by atoms with Crippen LogP contribution in [0.15, 0.2) is 42.6 Å². The van der Waals surface area contributed by atoms with E-state index in [0.29, 0.717) is 18.0 Å². The molecule has 98 valence electrons. The summed E-state index contributed by atoms with van der Waals surface area (Å²) in [6, 6.07) is 10.6. The standard InChI is InChI=1S/C14H15N3O2/c1-2-19-14(18)10-5-7-11(8-6-10)17-12-4-3-9-16-13(12)15/h3-9,17H,2H2,1H3,(H2,15,16). The highest BCUT2D eigenvalue weighted by Gasteiger charge is 2.06. The number of pyridine rings is 1. The van der Waals surface area contributed by atoms with Crippen LogP contribution in [0.2, 0.25) is 0 Å². The largest absolute Gasteiger partial charge is 0.462 e. The van der Waals surface area contributed by atoms with E-state index in [1.165, 1.54) is 0 Å². The van der Waals surface area contributed by atoms with Crippen molar-refractivity contribution in [3.63, 3.8) is 0 Å². The summed E-state index contributed by atoms with van der Waals surface area (Å²) >= 11 is 0. The van der Waals surface area contributed by atoms with Crippen LogP contribution in [0.1, 0.15) is 17.3 Å². The van der Waals surface area contributed by atoms with Gasteiger partial charge in [0, 0.05) is 11.9 Å². The van der Waals surface area contributed by atoms with Crippen LogP contribution in [-0.4, -0.2) is 17.6 Å². The molecule has 2 rings (SSSR count). The van der Waals surface area contributed by atoms with Crippen LogP contribution < -0.4 is 11.1 Å². The first-order chi connectivity index (χ1) is 9.20. The van der Waals surface area contributed by atoms with Crippen molar-refractivity contribution in [3.8, 4) is 0 Å². The lowest BCUT2D eigenvalue weighted by Gasteiger charge is -2.08. The van der Waals surface area contributed by atoms with E-state index in [1.54, 1.807) is 43.5 Å². The van der Waals surface area contributed by atoms with Crippen molar-refractivity contribution >= 4 is 23.2 Å². The van der Waals surface area contributed by atoms with Gasteiger partial charge in [-0.25, -0.2) is 9.78 Å². The number of aromatic nitrogens is 1. The molecule has 0 fully saturated rings. The number of hydrogen-bond acceptors (Lipinski definition) is 5. The molecule has 0 atom stereocenters. The van der Waals surface area contributed by atoms with E-state index >= 15 is 0 Å². The van der Waals surface area contributed by atoms with Gasteiger partial charge < -0.3 is 15.8 Å². The van der Waals surface area contributed by atoms with E-state index in [0.717, 1.165) is 11.4 Å². The van der Waals surface area contributed by atoms with Crippen LogP contribution in [0, 0.1) is 0 Å². The number of esters is 1. The number of nitrogen functional groups attached to an aromatic ring is 1.